The molecule has 0 saturated heterocycles. The van der Waals surface area contributed by atoms with Gasteiger partial charge in [-0.15, -0.1) is 0 Å². The van der Waals surface area contributed by atoms with Crippen molar-refractivity contribution in [2.24, 2.45) is 0 Å². The van der Waals surface area contributed by atoms with E-state index in [1.165, 1.54) is 19.3 Å². The standard InChI is InChI=1S/C12H17ClO/c1-2-3-4-5-7-10-8-6-9-11(14)12(10)13/h6,8-9,14H,2-5,7H2,1H3. The highest BCUT2D eigenvalue weighted by atomic mass is 35.5. The molecule has 1 N–H and O–H groups in total. The number of phenolic OH excluding ortho intramolecular Hbond substituents is 1. The Morgan fingerprint density at radius 3 is 2.71 bits per heavy atom. The van der Waals surface area contributed by atoms with Crippen molar-refractivity contribution in [2.45, 2.75) is 39.0 Å². The van der Waals surface area contributed by atoms with Gasteiger partial charge in [0.15, 0.2) is 0 Å². The Bertz CT molecular complexity index is 284. The first-order chi connectivity index (χ1) is 6.75. The summed E-state index contributed by atoms with van der Waals surface area (Å²) in [5.41, 5.74) is 1.06. The fourth-order valence-electron chi connectivity index (χ4n) is 1.50. The molecule has 0 fully saturated rings. The van der Waals surface area contributed by atoms with Gasteiger partial charge in [0.1, 0.15) is 5.75 Å². The maximum atomic E-state index is 9.37. The largest absolute Gasteiger partial charge is 0.506 e. The summed E-state index contributed by atoms with van der Waals surface area (Å²) < 4.78 is 0. The van der Waals surface area contributed by atoms with Crippen LogP contribution in [-0.4, -0.2) is 5.11 Å². The van der Waals surface area contributed by atoms with E-state index in [9.17, 15) is 5.11 Å². The Hall–Kier alpha value is -0.690. The monoisotopic (exact) mass is 212 g/mol. The summed E-state index contributed by atoms with van der Waals surface area (Å²) in [5, 5.41) is 9.89. The van der Waals surface area contributed by atoms with Gasteiger partial charge in [-0.1, -0.05) is 49.9 Å². The van der Waals surface area contributed by atoms with E-state index < -0.39 is 0 Å². The van der Waals surface area contributed by atoms with Crippen molar-refractivity contribution in [3.05, 3.63) is 28.8 Å². The summed E-state index contributed by atoms with van der Waals surface area (Å²) in [6, 6.07) is 5.45. The fourth-order valence-corrected chi connectivity index (χ4v) is 1.72. The van der Waals surface area contributed by atoms with E-state index in [1.807, 2.05) is 12.1 Å². The van der Waals surface area contributed by atoms with Gasteiger partial charge in [0.05, 0.1) is 5.02 Å². The number of halogens is 1. The summed E-state index contributed by atoms with van der Waals surface area (Å²) in [4.78, 5) is 0. The number of aryl methyl sites for hydroxylation is 1. The molecule has 0 bridgehead atoms. The average molecular weight is 213 g/mol. The highest BCUT2D eigenvalue weighted by Crippen LogP contribution is 2.27. The van der Waals surface area contributed by atoms with Gasteiger partial charge in [-0.05, 0) is 24.5 Å². The van der Waals surface area contributed by atoms with Crippen LogP contribution in [0.4, 0.5) is 0 Å². The number of unbranched alkanes of at least 4 members (excludes halogenated alkanes) is 3. The molecule has 0 aliphatic heterocycles. The predicted octanol–water partition coefficient (Wildman–Crippen LogP) is 4.17. The van der Waals surface area contributed by atoms with Crippen molar-refractivity contribution in [1.82, 2.24) is 0 Å². The van der Waals surface area contributed by atoms with Crippen molar-refractivity contribution in [3.8, 4) is 5.75 Å². The minimum atomic E-state index is 0.194. The van der Waals surface area contributed by atoms with E-state index in [-0.39, 0.29) is 5.75 Å². The normalized spacial score (nSPS) is 10.4. The van der Waals surface area contributed by atoms with E-state index >= 15 is 0 Å². The summed E-state index contributed by atoms with van der Waals surface area (Å²) in [6.07, 6.45) is 5.87. The van der Waals surface area contributed by atoms with Crippen LogP contribution in [0.5, 0.6) is 5.75 Å². The zero-order chi connectivity index (χ0) is 10.4. The number of rotatable bonds is 5. The number of benzene rings is 1. The molecule has 1 aromatic carbocycles. The molecule has 2 heteroatoms. The number of hydrogen-bond donors (Lipinski definition) is 1. The Kier molecular flexibility index (Phi) is 4.81. The van der Waals surface area contributed by atoms with Gasteiger partial charge in [-0.2, -0.15) is 0 Å². The highest BCUT2D eigenvalue weighted by molar-refractivity contribution is 6.32. The first-order valence-corrected chi connectivity index (χ1v) is 5.60. The molecular weight excluding hydrogens is 196 g/mol. The van der Waals surface area contributed by atoms with Crippen molar-refractivity contribution < 1.29 is 5.11 Å². The number of aromatic hydroxyl groups is 1. The highest BCUT2D eigenvalue weighted by Gasteiger charge is 2.03. The quantitative estimate of drug-likeness (QED) is 0.727. The Labute approximate surface area is 90.7 Å². The van der Waals surface area contributed by atoms with Gasteiger partial charge in [0.25, 0.3) is 0 Å². The van der Waals surface area contributed by atoms with E-state index in [0.717, 1.165) is 18.4 Å². The van der Waals surface area contributed by atoms with Crippen LogP contribution < -0.4 is 0 Å². The van der Waals surface area contributed by atoms with Gasteiger partial charge in [0, 0.05) is 0 Å². The zero-order valence-electron chi connectivity index (χ0n) is 8.59. The van der Waals surface area contributed by atoms with E-state index in [2.05, 4.69) is 6.92 Å². The minimum absolute atomic E-state index is 0.194. The molecule has 0 radical (unpaired) electrons. The molecular formula is C12H17ClO. The summed E-state index contributed by atoms with van der Waals surface area (Å²) in [7, 11) is 0. The van der Waals surface area contributed by atoms with Crippen LogP contribution in [0.1, 0.15) is 38.2 Å². The second-order valence-corrected chi connectivity index (χ2v) is 3.94. The van der Waals surface area contributed by atoms with Crippen LogP contribution in [0.15, 0.2) is 18.2 Å². The number of phenols is 1. The first-order valence-electron chi connectivity index (χ1n) is 5.22. The lowest BCUT2D eigenvalue weighted by atomic mass is 10.1. The summed E-state index contributed by atoms with van der Waals surface area (Å²) >= 11 is 5.96. The van der Waals surface area contributed by atoms with Gasteiger partial charge < -0.3 is 5.11 Å². The maximum Gasteiger partial charge on any atom is 0.134 e. The Morgan fingerprint density at radius 1 is 1.21 bits per heavy atom. The fraction of sp³-hybridized carbons (Fsp3) is 0.500. The second kappa shape index (κ2) is 5.92. The Morgan fingerprint density at radius 2 is 2.00 bits per heavy atom. The molecule has 0 saturated carbocycles. The van der Waals surface area contributed by atoms with Gasteiger partial charge in [0.2, 0.25) is 0 Å². The molecule has 1 aromatic rings. The molecule has 14 heavy (non-hydrogen) atoms. The third-order valence-electron chi connectivity index (χ3n) is 2.36. The summed E-state index contributed by atoms with van der Waals surface area (Å²) in [6.45, 7) is 2.20. The molecule has 0 aliphatic rings. The molecule has 0 unspecified atom stereocenters. The lowest BCUT2D eigenvalue weighted by molar-refractivity contribution is 0.474. The SMILES string of the molecule is CCCCCCc1cccc(O)c1Cl. The molecule has 0 atom stereocenters. The van der Waals surface area contributed by atoms with Crippen LogP contribution in [0.3, 0.4) is 0 Å². The van der Waals surface area contributed by atoms with Crippen LogP contribution >= 0.6 is 11.6 Å². The minimum Gasteiger partial charge on any atom is -0.506 e. The van der Waals surface area contributed by atoms with Crippen LogP contribution in [-0.2, 0) is 6.42 Å². The molecule has 78 valence electrons. The third-order valence-corrected chi connectivity index (χ3v) is 2.79. The van der Waals surface area contributed by atoms with Crippen molar-refractivity contribution in [2.75, 3.05) is 0 Å². The lowest BCUT2D eigenvalue weighted by Crippen LogP contribution is -1.87. The average Bonchev–Trinajstić information content (AvgIpc) is 2.19. The van der Waals surface area contributed by atoms with Gasteiger partial charge >= 0.3 is 0 Å². The van der Waals surface area contributed by atoms with Gasteiger partial charge in [-0.3, -0.25) is 0 Å². The lowest BCUT2D eigenvalue weighted by Gasteiger charge is -2.05. The molecule has 1 nitrogen and oxygen atoms in total. The zero-order valence-corrected chi connectivity index (χ0v) is 9.35. The van der Waals surface area contributed by atoms with Crippen molar-refractivity contribution >= 4 is 11.6 Å². The topological polar surface area (TPSA) is 20.2 Å². The van der Waals surface area contributed by atoms with E-state index in [0.29, 0.717) is 5.02 Å². The molecule has 0 spiro atoms. The van der Waals surface area contributed by atoms with Crippen LogP contribution in [0, 0.1) is 0 Å². The van der Waals surface area contributed by atoms with E-state index in [1.54, 1.807) is 6.07 Å². The smallest absolute Gasteiger partial charge is 0.134 e. The Balaban J connectivity index is 2.46. The van der Waals surface area contributed by atoms with Crippen molar-refractivity contribution in [1.29, 1.82) is 0 Å². The van der Waals surface area contributed by atoms with Crippen molar-refractivity contribution in [3.63, 3.8) is 0 Å². The second-order valence-electron chi connectivity index (χ2n) is 3.56. The van der Waals surface area contributed by atoms with Crippen LogP contribution in [0.2, 0.25) is 5.02 Å². The first kappa shape index (κ1) is 11.4. The molecule has 0 aromatic heterocycles. The molecule has 1 rings (SSSR count). The predicted molar refractivity (Wildman–Crippen MR) is 61.0 cm³/mol. The molecule has 0 aliphatic carbocycles. The number of hydrogen-bond acceptors (Lipinski definition) is 1. The maximum absolute atomic E-state index is 9.37. The molecule has 0 amide bonds. The van der Waals surface area contributed by atoms with Gasteiger partial charge in [-0.25, -0.2) is 0 Å². The molecule has 0 heterocycles. The van der Waals surface area contributed by atoms with Crippen LogP contribution in [0.25, 0.3) is 0 Å². The van der Waals surface area contributed by atoms with E-state index in [4.69, 9.17) is 11.6 Å². The summed E-state index contributed by atoms with van der Waals surface area (Å²) in [5.74, 6) is 0.194. The third kappa shape index (κ3) is 3.22.